The van der Waals surface area contributed by atoms with E-state index in [1.165, 1.54) is 30.1 Å². The Morgan fingerprint density at radius 1 is 1.28 bits per heavy atom. The van der Waals surface area contributed by atoms with Crippen LogP contribution in [-0.2, 0) is 17.5 Å². The van der Waals surface area contributed by atoms with E-state index < -0.39 is 18.0 Å². The molecule has 0 saturated heterocycles. The predicted octanol–water partition coefficient (Wildman–Crippen LogP) is 2.18. The standard InChI is InChI=1S/C14H10F3N5O3/c1-24-12(23)10-6-18-21-22(10)7-8-2-4-9(5-3-8)11-19-13(25-20-11)14(15,16)17/h2-6H,7H2,1H3. The van der Waals surface area contributed by atoms with Crippen molar-refractivity contribution >= 4 is 5.97 Å². The Morgan fingerprint density at radius 2 is 2.00 bits per heavy atom. The smallest absolute Gasteiger partial charge is 0.464 e. The summed E-state index contributed by atoms with van der Waals surface area (Å²) in [5.74, 6) is -2.15. The monoisotopic (exact) mass is 353 g/mol. The average Bonchev–Trinajstić information content (AvgIpc) is 3.24. The molecule has 1 aromatic carbocycles. The second-order valence-corrected chi connectivity index (χ2v) is 4.89. The van der Waals surface area contributed by atoms with Gasteiger partial charge in [-0.05, 0) is 5.56 Å². The summed E-state index contributed by atoms with van der Waals surface area (Å²) in [6.07, 6.45) is -3.42. The SMILES string of the molecule is COC(=O)c1cnnn1Cc1ccc(-c2noc(C(F)(F)F)n2)cc1. The third-order valence-corrected chi connectivity index (χ3v) is 3.23. The lowest BCUT2D eigenvalue weighted by Gasteiger charge is -2.05. The Labute approximate surface area is 138 Å². The summed E-state index contributed by atoms with van der Waals surface area (Å²) in [6.45, 7) is 0.227. The lowest BCUT2D eigenvalue weighted by Crippen LogP contribution is -2.12. The van der Waals surface area contributed by atoms with Gasteiger partial charge in [-0.15, -0.1) is 5.10 Å². The van der Waals surface area contributed by atoms with Gasteiger partial charge in [0, 0.05) is 5.56 Å². The number of alkyl halides is 3. The highest BCUT2D eigenvalue weighted by Crippen LogP contribution is 2.29. The molecule has 11 heteroatoms. The van der Waals surface area contributed by atoms with Crippen LogP contribution in [0, 0.1) is 0 Å². The summed E-state index contributed by atoms with van der Waals surface area (Å²) < 4.78 is 47.6. The van der Waals surface area contributed by atoms with Gasteiger partial charge in [-0.25, -0.2) is 9.48 Å². The number of aromatic nitrogens is 5. The number of ether oxygens (including phenoxy) is 1. The quantitative estimate of drug-likeness (QED) is 0.663. The van der Waals surface area contributed by atoms with E-state index in [2.05, 4.69) is 29.7 Å². The molecule has 3 rings (SSSR count). The van der Waals surface area contributed by atoms with Crippen molar-refractivity contribution in [1.82, 2.24) is 25.1 Å². The largest absolute Gasteiger partial charge is 0.471 e. The zero-order valence-electron chi connectivity index (χ0n) is 12.7. The van der Waals surface area contributed by atoms with Crippen LogP contribution in [0.2, 0.25) is 0 Å². The first-order chi connectivity index (χ1) is 11.9. The molecule has 0 N–H and O–H groups in total. The molecule has 0 aliphatic heterocycles. The first-order valence-corrected chi connectivity index (χ1v) is 6.85. The zero-order chi connectivity index (χ0) is 18.0. The molecule has 0 amide bonds. The van der Waals surface area contributed by atoms with Gasteiger partial charge < -0.3 is 9.26 Å². The third-order valence-electron chi connectivity index (χ3n) is 3.23. The van der Waals surface area contributed by atoms with Gasteiger partial charge in [0.15, 0.2) is 5.69 Å². The molecule has 25 heavy (non-hydrogen) atoms. The molecule has 3 aromatic rings. The van der Waals surface area contributed by atoms with Crippen molar-refractivity contribution in [2.45, 2.75) is 12.7 Å². The molecule has 2 aromatic heterocycles. The van der Waals surface area contributed by atoms with Gasteiger partial charge in [-0.2, -0.15) is 18.2 Å². The van der Waals surface area contributed by atoms with Crippen LogP contribution in [0.3, 0.4) is 0 Å². The van der Waals surface area contributed by atoms with Crippen molar-refractivity contribution < 1.29 is 27.2 Å². The van der Waals surface area contributed by atoms with E-state index >= 15 is 0 Å². The summed E-state index contributed by atoms with van der Waals surface area (Å²) in [6, 6.07) is 6.35. The Bertz CT molecular complexity index is 886. The Morgan fingerprint density at radius 3 is 2.60 bits per heavy atom. The van der Waals surface area contributed by atoms with Crippen LogP contribution in [0.1, 0.15) is 21.9 Å². The molecule has 130 valence electrons. The van der Waals surface area contributed by atoms with Gasteiger partial charge in [-0.1, -0.05) is 34.6 Å². The summed E-state index contributed by atoms with van der Waals surface area (Å²) in [4.78, 5) is 14.9. The molecular weight excluding hydrogens is 343 g/mol. The summed E-state index contributed by atoms with van der Waals surface area (Å²) in [5, 5.41) is 10.8. The Balaban J connectivity index is 1.78. The molecule has 0 atom stereocenters. The van der Waals surface area contributed by atoms with Gasteiger partial charge >= 0.3 is 18.0 Å². The maximum Gasteiger partial charge on any atom is 0.471 e. The number of methoxy groups -OCH3 is 1. The molecule has 2 heterocycles. The average molecular weight is 353 g/mol. The van der Waals surface area contributed by atoms with Gasteiger partial charge in [0.05, 0.1) is 19.9 Å². The number of carbonyl (C=O) groups excluding carboxylic acids is 1. The van der Waals surface area contributed by atoms with Crippen LogP contribution in [0.4, 0.5) is 13.2 Å². The number of hydrogen-bond acceptors (Lipinski definition) is 7. The number of carbonyl (C=O) groups is 1. The number of hydrogen-bond donors (Lipinski definition) is 0. The van der Waals surface area contributed by atoms with E-state index in [0.29, 0.717) is 5.56 Å². The molecule has 0 fully saturated rings. The first-order valence-electron chi connectivity index (χ1n) is 6.85. The van der Waals surface area contributed by atoms with Crippen molar-refractivity contribution in [2.24, 2.45) is 0 Å². The molecule has 0 aliphatic carbocycles. The summed E-state index contributed by atoms with van der Waals surface area (Å²) >= 11 is 0. The van der Waals surface area contributed by atoms with Crippen LogP contribution in [-0.4, -0.2) is 38.2 Å². The highest BCUT2D eigenvalue weighted by Gasteiger charge is 2.38. The molecule has 0 bridgehead atoms. The molecular formula is C14H10F3N5O3. The minimum Gasteiger partial charge on any atom is -0.464 e. The first kappa shape index (κ1) is 16.6. The highest BCUT2D eigenvalue weighted by atomic mass is 19.4. The zero-order valence-corrected chi connectivity index (χ0v) is 12.7. The molecule has 0 saturated carbocycles. The maximum absolute atomic E-state index is 12.5. The van der Waals surface area contributed by atoms with E-state index in [9.17, 15) is 18.0 Å². The van der Waals surface area contributed by atoms with Gasteiger partial charge in [-0.3, -0.25) is 0 Å². The number of benzene rings is 1. The normalized spacial score (nSPS) is 11.5. The lowest BCUT2D eigenvalue weighted by molar-refractivity contribution is -0.159. The molecule has 8 nitrogen and oxygen atoms in total. The topological polar surface area (TPSA) is 95.9 Å². The number of halogens is 3. The summed E-state index contributed by atoms with van der Waals surface area (Å²) in [5.41, 5.74) is 1.27. The van der Waals surface area contributed by atoms with Crippen LogP contribution >= 0.6 is 0 Å². The van der Waals surface area contributed by atoms with Crippen molar-refractivity contribution in [3.8, 4) is 11.4 Å². The Hall–Kier alpha value is -3.24. The van der Waals surface area contributed by atoms with Gasteiger partial charge in [0.25, 0.3) is 0 Å². The van der Waals surface area contributed by atoms with Gasteiger partial charge in [0.2, 0.25) is 5.82 Å². The fraction of sp³-hybridized carbons (Fsp3) is 0.214. The lowest BCUT2D eigenvalue weighted by atomic mass is 10.1. The minimum absolute atomic E-state index is 0.171. The highest BCUT2D eigenvalue weighted by molar-refractivity contribution is 5.86. The predicted molar refractivity (Wildman–Crippen MR) is 75.2 cm³/mol. The fourth-order valence-electron chi connectivity index (χ4n) is 2.03. The van der Waals surface area contributed by atoms with E-state index in [1.807, 2.05) is 0 Å². The van der Waals surface area contributed by atoms with E-state index in [1.54, 1.807) is 12.1 Å². The second kappa shape index (κ2) is 6.34. The van der Waals surface area contributed by atoms with Crippen molar-refractivity contribution in [3.63, 3.8) is 0 Å². The second-order valence-electron chi connectivity index (χ2n) is 4.89. The molecule has 0 spiro atoms. The number of nitrogens with zero attached hydrogens (tertiary/aromatic N) is 5. The number of esters is 1. The van der Waals surface area contributed by atoms with Crippen molar-refractivity contribution in [3.05, 3.63) is 47.6 Å². The van der Waals surface area contributed by atoms with Crippen LogP contribution < -0.4 is 0 Å². The van der Waals surface area contributed by atoms with E-state index in [-0.39, 0.29) is 18.1 Å². The van der Waals surface area contributed by atoms with Crippen LogP contribution in [0.25, 0.3) is 11.4 Å². The van der Waals surface area contributed by atoms with Crippen molar-refractivity contribution in [1.29, 1.82) is 0 Å². The minimum atomic E-state index is -4.69. The Kier molecular flexibility index (Phi) is 4.21. The van der Waals surface area contributed by atoms with Crippen molar-refractivity contribution in [2.75, 3.05) is 7.11 Å². The van der Waals surface area contributed by atoms with Crippen LogP contribution in [0.5, 0.6) is 0 Å². The molecule has 0 aliphatic rings. The third kappa shape index (κ3) is 3.49. The molecule has 0 unspecified atom stereocenters. The molecule has 0 radical (unpaired) electrons. The maximum atomic E-state index is 12.5. The fourth-order valence-corrected chi connectivity index (χ4v) is 2.03. The van der Waals surface area contributed by atoms with Gasteiger partial charge in [0.1, 0.15) is 0 Å². The number of rotatable bonds is 4. The van der Waals surface area contributed by atoms with Crippen LogP contribution in [0.15, 0.2) is 35.0 Å². The summed E-state index contributed by atoms with van der Waals surface area (Å²) in [7, 11) is 1.24. The van der Waals surface area contributed by atoms with E-state index in [4.69, 9.17) is 0 Å². The van der Waals surface area contributed by atoms with E-state index in [0.717, 1.165) is 5.56 Å².